The number of amides is 1. The van der Waals surface area contributed by atoms with Gasteiger partial charge in [0, 0.05) is 6.54 Å². The second-order valence-electron chi connectivity index (χ2n) is 5.07. The Hall–Kier alpha value is -2.86. The van der Waals surface area contributed by atoms with Crippen LogP contribution in [0.5, 0.6) is 5.75 Å². The van der Waals surface area contributed by atoms with Crippen molar-refractivity contribution in [3.8, 4) is 5.75 Å². The number of thiophene rings is 1. The third-order valence-electron chi connectivity index (χ3n) is 3.41. The van der Waals surface area contributed by atoms with Gasteiger partial charge in [-0.3, -0.25) is 4.79 Å². The topological polar surface area (TPSA) is 63.2 Å². The summed E-state index contributed by atoms with van der Waals surface area (Å²) in [5.74, 6) is 1.23. The molecule has 1 amide bonds. The van der Waals surface area contributed by atoms with E-state index < -0.39 is 0 Å². The smallest absolute Gasteiger partial charge is 0.266 e. The standard InChI is InChI=1S/C18H17N3O2S/c1-23-15-7-4-13(5-8-15)11-19-14-6-9-17(20-12-14)21-18(22)16-3-2-10-24-16/h2-10,12,19H,11H2,1H3,(H,20,21,22). The lowest BCUT2D eigenvalue weighted by atomic mass is 10.2. The van der Waals surface area contributed by atoms with E-state index in [1.54, 1.807) is 25.4 Å². The monoisotopic (exact) mass is 339 g/mol. The molecule has 2 N–H and O–H groups in total. The molecule has 0 unspecified atom stereocenters. The van der Waals surface area contributed by atoms with E-state index in [-0.39, 0.29) is 5.91 Å². The minimum atomic E-state index is -0.142. The number of hydrogen-bond acceptors (Lipinski definition) is 5. The third-order valence-corrected chi connectivity index (χ3v) is 4.27. The summed E-state index contributed by atoms with van der Waals surface area (Å²) < 4.78 is 5.14. The van der Waals surface area contributed by atoms with Crippen LogP contribution in [0.3, 0.4) is 0 Å². The molecule has 2 aromatic heterocycles. The van der Waals surface area contributed by atoms with Crippen molar-refractivity contribution in [3.05, 3.63) is 70.5 Å². The zero-order valence-corrected chi connectivity index (χ0v) is 14.0. The number of hydrogen-bond donors (Lipinski definition) is 2. The number of carbonyl (C=O) groups excluding carboxylic acids is 1. The average Bonchev–Trinajstić information content (AvgIpc) is 3.16. The Bertz CT molecular complexity index is 784. The summed E-state index contributed by atoms with van der Waals surface area (Å²) in [6.07, 6.45) is 1.70. The van der Waals surface area contributed by atoms with Crippen LogP contribution in [0.25, 0.3) is 0 Å². The molecule has 0 aliphatic heterocycles. The van der Waals surface area contributed by atoms with Crippen molar-refractivity contribution in [2.45, 2.75) is 6.54 Å². The highest BCUT2D eigenvalue weighted by Gasteiger charge is 2.07. The highest BCUT2D eigenvalue weighted by Crippen LogP contribution is 2.15. The van der Waals surface area contributed by atoms with Gasteiger partial charge in [0.1, 0.15) is 11.6 Å². The van der Waals surface area contributed by atoms with Gasteiger partial charge in [0.05, 0.1) is 23.9 Å². The maximum atomic E-state index is 12.0. The Kier molecular flexibility index (Phi) is 5.08. The Balaban J connectivity index is 1.55. The zero-order chi connectivity index (χ0) is 16.8. The molecule has 0 saturated carbocycles. The quantitative estimate of drug-likeness (QED) is 0.712. The lowest BCUT2D eigenvalue weighted by molar-refractivity contribution is 0.103. The van der Waals surface area contributed by atoms with Crippen molar-refractivity contribution < 1.29 is 9.53 Å². The number of rotatable bonds is 6. The van der Waals surface area contributed by atoms with Crippen molar-refractivity contribution in [1.29, 1.82) is 0 Å². The van der Waals surface area contributed by atoms with Gasteiger partial charge in [-0.25, -0.2) is 4.98 Å². The highest BCUT2D eigenvalue weighted by molar-refractivity contribution is 7.12. The van der Waals surface area contributed by atoms with Crippen LogP contribution >= 0.6 is 11.3 Å². The summed E-state index contributed by atoms with van der Waals surface area (Å²) in [6.45, 7) is 0.687. The molecule has 3 rings (SSSR count). The number of carbonyl (C=O) groups is 1. The Morgan fingerprint density at radius 1 is 1.17 bits per heavy atom. The maximum Gasteiger partial charge on any atom is 0.266 e. The van der Waals surface area contributed by atoms with Gasteiger partial charge in [-0.05, 0) is 41.3 Å². The third kappa shape index (κ3) is 4.11. The van der Waals surface area contributed by atoms with Gasteiger partial charge in [-0.2, -0.15) is 0 Å². The van der Waals surface area contributed by atoms with Crippen molar-refractivity contribution in [2.75, 3.05) is 17.7 Å². The molecular weight excluding hydrogens is 322 g/mol. The van der Waals surface area contributed by atoms with E-state index >= 15 is 0 Å². The molecule has 0 saturated heterocycles. The highest BCUT2D eigenvalue weighted by atomic mass is 32.1. The molecule has 0 atom stereocenters. The summed E-state index contributed by atoms with van der Waals surface area (Å²) >= 11 is 1.40. The fourth-order valence-electron chi connectivity index (χ4n) is 2.11. The largest absolute Gasteiger partial charge is 0.497 e. The number of methoxy groups -OCH3 is 1. The van der Waals surface area contributed by atoms with Crippen LogP contribution in [0, 0.1) is 0 Å². The lowest BCUT2D eigenvalue weighted by Crippen LogP contribution is -2.11. The fourth-order valence-corrected chi connectivity index (χ4v) is 2.72. The van der Waals surface area contributed by atoms with Crippen molar-refractivity contribution >= 4 is 28.7 Å². The average molecular weight is 339 g/mol. The van der Waals surface area contributed by atoms with Gasteiger partial charge in [0.15, 0.2) is 0 Å². The van der Waals surface area contributed by atoms with Gasteiger partial charge in [0.2, 0.25) is 0 Å². The van der Waals surface area contributed by atoms with E-state index in [9.17, 15) is 4.79 Å². The fraction of sp³-hybridized carbons (Fsp3) is 0.111. The number of pyridine rings is 1. The number of aromatic nitrogens is 1. The van der Waals surface area contributed by atoms with Gasteiger partial charge in [0.25, 0.3) is 5.91 Å². The number of ether oxygens (including phenoxy) is 1. The van der Waals surface area contributed by atoms with Gasteiger partial charge < -0.3 is 15.4 Å². The minimum absolute atomic E-state index is 0.142. The van der Waals surface area contributed by atoms with E-state index in [1.807, 2.05) is 41.8 Å². The Labute approximate surface area is 144 Å². The SMILES string of the molecule is COc1ccc(CNc2ccc(NC(=O)c3cccs3)nc2)cc1. The molecule has 2 heterocycles. The van der Waals surface area contributed by atoms with Crippen molar-refractivity contribution in [3.63, 3.8) is 0 Å². The van der Waals surface area contributed by atoms with Crippen LogP contribution in [-0.4, -0.2) is 18.0 Å². The molecule has 0 spiro atoms. The molecule has 0 aliphatic carbocycles. The van der Waals surface area contributed by atoms with Crippen molar-refractivity contribution in [2.24, 2.45) is 0 Å². The first kappa shape index (κ1) is 16.0. The predicted octanol–water partition coefficient (Wildman–Crippen LogP) is 4.02. The molecule has 0 radical (unpaired) electrons. The summed E-state index contributed by atoms with van der Waals surface area (Å²) in [4.78, 5) is 16.9. The Morgan fingerprint density at radius 3 is 2.62 bits per heavy atom. The first-order valence-electron chi connectivity index (χ1n) is 7.42. The van der Waals surface area contributed by atoms with Gasteiger partial charge >= 0.3 is 0 Å². The van der Waals surface area contributed by atoms with E-state index in [2.05, 4.69) is 15.6 Å². The zero-order valence-electron chi connectivity index (χ0n) is 13.2. The van der Waals surface area contributed by atoms with Crippen LogP contribution in [0.4, 0.5) is 11.5 Å². The first-order valence-corrected chi connectivity index (χ1v) is 8.30. The normalized spacial score (nSPS) is 10.2. The molecule has 24 heavy (non-hydrogen) atoms. The summed E-state index contributed by atoms with van der Waals surface area (Å²) in [6, 6.07) is 15.2. The molecule has 0 fully saturated rings. The molecular formula is C18H17N3O2S. The Morgan fingerprint density at radius 2 is 2.00 bits per heavy atom. The van der Waals surface area contributed by atoms with Crippen molar-refractivity contribution in [1.82, 2.24) is 4.98 Å². The van der Waals surface area contributed by atoms with E-state index in [0.29, 0.717) is 17.2 Å². The van der Waals surface area contributed by atoms with E-state index in [1.165, 1.54) is 11.3 Å². The van der Waals surface area contributed by atoms with E-state index in [0.717, 1.165) is 17.0 Å². The molecule has 122 valence electrons. The molecule has 0 aliphatic rings. The van der Waals surface area contributed by atoms with Crippen LogP contribution in [0.1, 0.15) is 15.2 Å². The molecule has 3 aromatic rings. The van der Waals surface area contributed by atoms with Crippen LogP contribution in [0.2, 0.25) is 0 Å². The van der Waals surface area contributed by atoms with E-state index in [4.69, 9.17) is 4.74 Å². The second kappa shape index (κ2) is 7.61. The summed E-state index contributed by atoms with van der Waals surface area (Å²) in [5, 5.41) is 7.94. The number of anilines is 2. The summed E-state index contributed by atoms with van der Waals surface area (Å²) in [5.41, 5.74) is 2.03. The van der Waals surface area contributed by atoms with Crippen LogP contribution < -0.4 is 15.4 Å². The van der Waals surface area contributed by atoms with Crippen LogP contribution in [-0.2, 0) is 6.54 Å². The molecule has 1 aromatic carbocycles. The summed E-state index contributed by atoms with van der Waals surface area (Å²) in [7, 11) is 1.65. The number of nitrogens with zero attached hydrogens (tertiary/aromatic N) is 1. The van der Waals surface area contributed by atoms with Crippen LogP contribution in [0.15, 0.2) is 60.1 Å². The molecule has 6 heteroatoms. The van der Waals surface area contributed by atoms with Gasteiger partial charge in [-0.15, -0.1) is 11.3 Å². The van der Waals surface area contributed by atoms with Gasteiger partial charge in [-0.1, -0.05) is 18.2 Å². The molecule has 0 bridgehead atoms. The minimum Gasteiger partial charge on any atom is -0.497 e. The molecule has 5 nitrogen and oxygen atoms in total. The first-order chi connectivity index (χ1) is 11.7. The predicted molar refractivity (Wildman–Crippen MR) is 96.8 cm³/mol. The lowest BCUT2D eigenvalue weighted by Gasteiger charge is -2.08. The maximum absolute atomic E-state index is 12.0. The number of nitrogens with one attached hydrogen (secondary N) is 2. The second-order valence-corrected chi connectivity index (χ2v) is 6.01. The number of benzene rings is 1.